The topological polar surface area (TPSA) is 84.2 Å². The summed E-state index contributed by atoms with van der Waals surface area (Å²) in [4.78, 5) is 24.6. The third kappa shape index (κ3) is 6.59. The summed E-state index contributed by atoms with van der Waals surface area (Å²) in [7, 11) is 0. The van der Waals surface area contributed by atoms with Crippen molar-refractivity contribution < 1.29 is 9.59 Å². The van der Waals surface area contributed by atoms with Crippen molar-refractivity contribution in [3.8, 4) is 0 Å². The highest BCUT2D eigenvalue weighted by Crippen LogP contribution is 2.06. The average Bonchev–Trinajstić information content (AvgIpc) is 2.63. The lowest BCUT2D eigenvalue weighted by Gasteiger charge is -2.18. The smallest absolute Gasteiger partial charge is 0.242 e. The zero-order chi connectivity index (χ0) is 18.8. The van der Waals surface area contributed by atoms with Crippen LogP contribution in [0.15, 0.2) is 54.6 Å². The highest BCUT2D eigenvalue weighted by atomic mass is 16.2. The SMILES string of the molecule is CCCC(NC(=O)Cc1ccccc1)C(=O)NCCc1ccc(N)cc1. The first-order valence-electron chi connectivity index (χ1n) is 9.04. The van der Waals surface area contributed by atoms with Crippen LogP contribution in [0.4, 0.5) is 5.69 Å². The quantitative estimate of drug-likeness (QED) is 0.606. The molecule has 1 atom stereocenters. The van der Waals surface area contributed by atoms with Crippen LogP contribution in [0.25, 0.3) is 0 Å². The van der Waals surface area contributed by atoms with Gasteiger partial charge >= 0.3 is 0 Å². The molecule has 26 heavy (non-hydrogen) atoms. The fourth-order valence-electron chi connectivity index (χ4n) is 2.72. The van der Waals surface area contributed by atoms with Crippen LogP contribution in [0, 0.1) is 0 Å². The van der Waals surface area contributed by atoms with Crippen molar-refractivity contribution in [1.82, 2.24) is 10.6 Å². The van der Waals surface area contributed by atoms with Crippen LogP contribution in [-0.4, -0.2) is 24.4 Å². The van der Waals surface area contributed by atoms with Gasteiger partial charge in [0.15, 0.2) is 0 Å². The number of benzene rings is 2. The molecular weight excluding hydrogens is 326 g/mol. The third-order valence-electron chi connectivity index (χ3n) is 4.13. The van der Waals surface area contributed by atoms with E-state index in [1.807, 2.05) is 61.5 Å². The van der Waals surface area contributed by atoms with Gasteiger partial charge in [0.2, 0.25) is 11.8 Å². The third-order valence-corrected chi connectivity index (χ3v) is 4.13. The maximum Gasteiger partial charge on any atom is 0.242 e. The highest BCUT2D eigenvalue weighted by Gasteiger charge is 2.19. The van der Waals surface area contributed by atoms with E-state index >= 15 is 0 Å². The average molecular weight is 353 g/mol. The number of amides is 2. The van der Waals surface area contributed by atoms with Crippen LogP contribution in [0.2, 0.25) is 0 Å². The van der Waals surface area contributed by atoms with Crippen molar-refractivity contribution in [3.05, 3.63) is 65.7 Å². The second-order valence-electron chi connectivity index (χ2n) is 6.35. The van der Waals surface area contributed by atoms with E-state index in [4.69, 9.17) is 5.73 Å². The summed E-state index contributed by atoms with van der Waals surface area (Å²) in [5, 5.41) is 5.77. The Hall–Kier alpha value is -2.82. The Morgan fingerprint density at radius 1 is 1.00 bits per heavy atom. The number of nitrogen functional groups attached to an aromatic ring is 1. The second-order valence-corrected chi connectivity index (χ2v) is 6.35. The second kappa shape index (κ2) is 10.2. The Balaban J connectivity index is 1.81. The molecule has 0 bridgehead atoms. The monoisotopic (exact) mass is 353 g/mol. The summed E-state index contributed by atoms with van der Waals surface area (Å²) in [6, 6.07) is 16.6. The molecule has 0 saturated carbocycles. The van der Waals surface area contributed by atoms with E-state index in [1.54, 1.807) is 0 Å². The van der Waals surface area contributed by atoms with E-state index in [9.17, 15) is 9.59 Å². The van der Waals surface area contributed by atoms with Crippen molar-refractivity contribution >= 4 is 17.5 Å². The molecule has 0 fully saturated rings. The van der Waals surface area contributed by atoms with Crippen LogP contribution in [0.5, 0.6) is 0 Å². The number of hydrogen-bond donors (Lipinski definition) is 3. The zero-order valence-corrected chi connectivity index (χ0v) is 15.2. The lowest BCUT2D eigenvalue weighted by molar-refractivity contribution is -0.128. The summed E-state index contributed by atoms with van der Waals surface area (Å²) in [6.07, 6.45) is 2.44. The number of carbonyl (C=O) groups excluding carboxylic acids is 2. The molecule has 2 rings (SSSR count). The van der Waals surface area contributed by atoms with Gasteiger partial charge < -0.3 is 16.4 Å². The van der Waals surface area contributed by atoms with Crippen molar-refractivity contribution in [1.29, 1.82) is 0 Å². The highest BCUT2D eigenvalue weighted by molar-refractivity contribution is 5.88. The molecule has 0 aliphatic heterocycles. The minimum atomic E-state index is -0.498. The minimum absolute atomic E-state index is 0.135. The lowest BCUT2D eigenvalue weighted by Crippen LogP contribution is -2.47. The van der Waals surface area contributed by atoms with E-state index in [0.717, 1.165) is 29.7 Å². The van der Waals surface area contributed by atoms with E-state index < -0.39 is 6.04 Å². The van der Waals surface area contributed by atoms with Crippen molar-refractivity contribution in [2.24, 2.45) is 0 Å². The number of nitrogens with one attached hydrogen (secondary N) is 2. The predicted molar refractivity (Wildman–Crippen MR) is 105 cm³/mol. The van der Waals surface area contributed by atoms with Gasteiger partial charge in [-0.25, -0.2) is 0 Å². The fraction of sp³-hybridized carbons (Fsp3) is 0.333. The van der Waals surface area contributed by atoms with Gasteiger partial charge in [0.05, 0.1) is 6.42 Å². The van der Waals surface area contributed by atoms with Gasteiger partial charge in [-0.05, 0) is 36.1 Å². The standard InChI is InChI=1S/C21H27N3O2/c1-2-6-19(24-20(25)15-17-7-4-3-5-8-17)21(26)23-14-13-16-9-11-18(22)12-10-16/h3-5,7-12,19H,2,6,13-15,22H2,1H3,(H,23,26)(H,24,25). The van der Waals surface area contributed by atoms with Gasteiger partial charge in [0.1, 0.15) is 6.04 Å². The molecule has 1 unspecified atom stereocenters. The normalized spacial score (nSPS) is 11.6. The summed E-state index contributed by atoms with van der Waals surface area (Å²) < 4.78 is 0. The van der Waals surface area contributed by atoms with E-state index in [-0.39, 0.29) is 18.2 Å². The van der Waals surface area contributed by atoms with Gasteiger partial charge in [0, 0.05) is 12.2 Å². The van der Waals surface area contributed by atoms with Crippen molar-refractivity contribution in [2.45, 2.75) is 38.6 Å². The van der Waals surface area contributed by atoms with Crippen LogP contribution < -0.4 is 16.4 Å². The van der Waals surface area contributed by atoms with Crippen LogP contribution in [0.1, 0.15) is 30.9 Å². The molecule has 2 amide bonds. The van der Waals surface area contributed by atoms with Crippen molar-refractivity contribution in [3.63, 3.8) is 0 Å². The molecule has 0 aromatic heterocycles. The van der Waals surface area contributed by atoms with E-state index in [1.165, 1.54) is 0 Å². The van der Waals surface area contributed by atoms with Crippen LogP contribution >= 0.6 is 0 Å². The molecule has 0 heterocycles. The first kappa shape index (κ1) is 19.5. The molecule has 0 saturated heterocycles. The predicted octanol–water partition coefficient (Wildman–Crippen LogP) is 2.46. The number of nitrogens with two attached hydrogens (primary N) is 1. The van der Waals surface area contributed by atoms with E-state index in [0.29, 0.717) is 13.0 Å². The Labute approximate surface area is 155 Å². The summed E-state index contributed by atoms with van der Waals surface area (Å²) in [6.45, 7) is 2.52. The Morgan fingerprint density at radius 3 is 2.35 bits per heavy atom. The largest absolute Gasteiger partial charge is 0.399 e. The first-order valence-corrected chi connectivity index (χ1v) is 9.04. The number of hydrogen-bond acceptors (Lipinski definition) is 3. The Morgan fingerprint density at radius 2 is 1.69 bits per heavy atom. The van der Waals surface area contributed by atoms with Gasteiger partial charge in [-0.1, -0.05) is 55.8 Å². The molecule has 0 radical (unpaired) electrons. The molecule has 4 N–H and O–H groups in total. The maximum atomic E-state index is 12.4. The van der Waals surface area contributed by atoms with Gasteiger partial charge in [-0.15, -0.1) is 0 Å². The summed E-state index contributed by atoms with van der Waals surface area (Å²) in [5.74, 6) is -0.271. The number of anilines is 1. The number of carbonyl (C=O) groups is 2. The van der Waals surface area contributed by atoms with Crippen LogP contribution in [-0.2, 0) is 22.4 Å². The maximum absolute atomic E-state index is 12.4. The van der Waals surface area contributed by atoms with Gasteiger partial charge in [-0.2, -0.15) is 0 Å². The molecule has 0 spiro atoms. The van der Waals surface area contributed by atoms with Gasteiger partial charge in [-0.3, -0.25) is 9.59 Å². The van der Waals surface area contributed by atoms with E-state index in [2.05, 4.69) is 10.6 Å². The molecule has 2 aromatic carbocycles. The molecule has 5 nitrogen and oxygen atoms in total. The van der Waals surface area contributed by atoms with Crippen molar-refractivity contribution in [2.75, 3.05) is 12.3 Å². The summed E-state index contributed by atoms with van der Waals surface area (Å²) >= 11 is 0. The first-order chi connectivity index (χ1) is 12.6. The minimum Gasteiger partial charge on any atom is -0.399 e. The number of rotatable bonds is 9. The molecule has 138 valence electrons. The molecule has 2 aromatic rings. The molecule has 0 aliphatic carbocycles. The summed E-state index contributed by atoms with van der Waals surface area (Å²) in [5.41, 5.74) is 8.44. The lowest BCUT2D eigenvalue weighted by atomic mass is 10.1. The fourth-order valence-corrected chi connectivity index (χ4v) is 2.72. The van der Waals surface area contributed by atoms with Crippen LogP contribution in [0.3, 0.4) is 0 Å². The molecular formula is C21H27N3O2. The van der Waals surface area contributed by atoms with Gasteiger partial charge in [0.25, 0.3) is 0 Å². The molecule has 0 aliphatic rings. The Bertz CT molecular complexity index is 699. The molecule has 5 heteroatoms. The Kier molecular flexibility index (Phi) is 7.68. The zero-order valence-electron chi connectivity index (χ0n) is 15.2.